The van der Waals surface area contributed by atoms with Gasteiger partial charge in [-0.2, -0.15) is 0 Å². The zero-order valence-electron chi connectivity index (χ0n) is 5.49. The van der Waals surface area contributed by atoms with Crippen LogP contribution in [0.15, 0.2) is 0 Å². The maximum atomic E-state index is 9.94. The Labute approximate surface area is 58.4 Å². The summed E-state index contributed by atoms with van der Waals surface area (Å²) >= 11 is 0. The van der Waals surface area contributed by atoms with Crippen molar-refractivity contribution in [1.82, 2.24) is 0 Å². The summed E-state index contributed by atoms with van der Waals surface area (Å²) in [7, 11) is 0. The van der Waals surface area contributed by atoms with Crippen molar-refractivity contribution in [2.45, 2.75) is 25.0 Å². The number of aliphatic hydroxyl groups is 1. The zero-order chi connectivity index (χ0) is 7.56. The summed E-state index contributed by atoms with van der Waals surface area (Å²) < 4.78 is 4.85. The minimum atomic E-state index is -0.957. The third-order valence-electron chi connectivity index (χ3n) is 1.51. The number of aliphatic carboxylic acids is 1. The molecule has 0 unspecified atom stereocenters. The van der Waals surface area contributed by atoms with E-state index in [1.165, 1.54) is 0 Å². The van der Waals surface area contributed by atoms with Crippen molar-refractivity contribution in [2.75, 3.05) is 6.61 Å². The van der Waals surface area contributed by atoms with Crippen molar-refractivity contribution in [3.8, 4) is 0 Å². The van der Waals surface area contributed by atoms with E-state index in [0.29, 0.717) is 12.8 Å². The first-order chi connectivity index (χ1) is 4.68. The maximum absolute atomic E-state index is 9.94. The van der Waals surface area contributed by atoms with Gasteiger partial charge in [-0.3, -0.25) is 0 Å². The van der Waals surface area contributed by atoms with Gasteiger partial charge in [0.25, 0.3) is 0 Å². The smallest absolute Gasteiger partial charge is 0.329 e. The molecule has 1 aliphatic rings. The van der Waals surface area contributed by atoms with Crippen LogP contribution >= 0.6 is 0 Å². The van der Waals surface area contributed by atoms with E-state index < -0.39 is 5.97 Å². The van der Waals surface area contributed by atoms with E-state index in [1.54, 1.807) is 0 Å². The number of aliphatic hydroxyl groups excluding tert-OH is 1. The zero-order valence-corrected chi connectivity index (χ0v) is 5.49. The van der Waals surface area contributed by atoms with Gasteiger partial charge in [-0.1, -0.05) is 0 Å². The molecule has 1 rings (SSSR count). The normalized spacial score (nSPS) is 31.3. The SMILES string of the molecule is O=C(O)CO[C@H]1C[C@H](O)C1. The second kappa shape index (κ2) is 2.98. The lowest BCUT2D eigenvalue weighted by Gasteiger charge is -2.30. The summed E-state index contributed by atoms with van der Waals surface area (Å²) in [5.74, 6) is -0.957. The number of carboxylic acid groups (broad SMARTS) is 1. The molecular formula is C6H10O4. The fourth-order valence-electron chi connectivity index (χ4n) is 0.863. The number of ether oxygens (including phenoxy) is 1. The molecule has 0 saturated heterocycles. The first-order valence-corrected chi connectivity index (χ1v) is 3.20. The molecule has 2 N–H and O–H groups in total. The molecule has 0 aliphatic heterocycles. The Bertz CT molecular complexity index is 128. The van der Waals surface area contributed by atoms with Crippen LogP contribution in [0.3, 0.4) is 0 Å². The lowest BCUT2D eigenvalue weighted by atomic mass is 9.92. The van der Waals surface area contributed by atoms with Crippen molar-refractivity contribution in [3.05, 3.63) is 0 Å². The van der Waals surface area contributed by atoms with Crippen molar-refractivity contribution in [1.29, 1.82) is 0 Å². The van der Waals surface area contributed by atoms with Gasteiger partial charge in [0.2, 0.25) is 0 Å². The largest absolute Gasteiger partial charge is 0.480 e. The summed E-state index contributed by atoms with van der Waals surface area (Å²) in [6.07, 6.45) is 0.838. The number of rotatable bonds is 3. The van der Waals surface area contributed by atoms with Gasteiger partial charge in [-0.15, -0.1) is 0 Å². The highest BCUT2D eigenvalue weighted by Crippen LogP contribution is 2.22. The Kier molecular flexibility index (Phi) is 2.24. The third-order valence-corrected chi connectivity index (χ3v) is 1.51. The van der Waals surface area contributed by atoms with Crippen LogP contribution in [0.25, 0.3) is 0 Å². The summed E-state index contributed by atoms with van der Waals surface area (Å²) in [4.78, 5) is 9.94. The van der Waals surface area contributed by atoms with E-state index in [-0.39, 0.29) is 18.8 Å². The van der Waals surface area contributed by atoms with Gasteiger partial charge in [0, 0.05) is 0 Å². The van der Waals surface area contributed by atoms with Crippen LogP contribution in [0.1, 0.15) is 12.8 Å². The lowest BCUT2D eigenvalue weighted by Crippen LogP contribution is -2.36. The molecular weight excluding hydrogens is 136 g/mol. The van der Waals surface area contributed by atoms with Gasteiger partial charge < -0.3 is 14.9 Å². The molecule has 0 atom stereocenters. The number of carbonyl (C=O) groups is 1. The van der Waals surface area contributed by atoms with Gasteiger partial charge in [-0.05, 0) is 12.8 Å². The lowest BCUT2D eigenvalue weighted by molar-refractivity contribution is -0.149. The minimum Gasteiger partial charge on any atom is -0.480 e. The fraction of sp³-hybridized carbons (Fsp3) is 0.833. The number of hydrogen-bond acceptors (Lipinski definition) is 3. The van der Waals surface area contributed by atoms with Crippen LogP contribution in [0.2, 0.25) is 0 Å². The monoisotopic (exact) mass is 146 g/mol. The first kappa shape index (κ1) is 7.50. The Morgan fingerprint density at radius 1 is 1.60 bits per heavy atom. The molecule has 4 heteroatoms. The van der Waals surface area contributed by atoms with Crippen molar-refractivity contribution in [2.24, 2.45) is 0 Å². The Hall–Kier alpha value is -0.610. The van der Waals surface area contributed by atoms with Gasteiger partial charge in [0.15, 0.2) is 0 Å². The molecule has 0 aromatic carbocycles. The summed E-state index contributed by atoms with van der Waals surface area (Å²) in [6.45, 7) is -0.253. The van der Waals surface area contributed by atoms with Crippen LogP contribution in [0.4, 0.5) is 0 Å². The van der Waals surface area contributed by atoms with E-state index >= 15 is 0 Å². The van der Waals surface area contributed by atoms with Crippen LogP contribution in [-0.2, 0) is 9.53 Å². The molecule has 1 fully saturated rings. The van der Waals surface area contributed by atoms with Crippen LogP contribution < -0.4 is 0 Å². The predicted octanol–water partition coefficient (Wildman–Crippen LogP) is -0.389. The molecule has 0 spiro atoms. The molecule has 0 amide bonds. The third kappa shape index (κ3) is 1.97. The molecule has 0 heterocycles. The molecule has 10 heavy (non-hydrogen) atoms. The first-order valence-electron chi connectivity index (χ1n) is 3.20. The summed E-state index contributed by atoms with van der Waals surface area (Å²) in [5, 5.41) is 16.9. The highest BCUT2D eigenvalue weighted by Gasteiger charge is 2.28. The molecule has 0 radical (unpaired) electrons. The van der Waals surface area contributed by atoms with Crippen LogP contribution in [-0.4, -0.2) is 35.0 Å². The molecule has 58 valence electrons. The van der Waals surface area contributed by atoms with Gasteiger partial charge in [0.1, 0.15) is 6.61 Å². The van der Waals surface area contributed by atoms with E-state index in [1.807, 2.05) is 0 Å². The number of hydrogen-bond donors (Lipinski definition) is 2. The summed E-state index contributed by atoms with van der Waals surface area (Å²) in [6, 6.07) is 0. The summed E-state index contributed by atoms with van der Waals surface area (Å²) in [5.41, 5.74) is 0. The highest BCUT2D eigenvalue weighted by atomic mass is 16.5. The molecule has 1 saturated carbocycles. The molecule has 4 nitrogen and oxygen atoms in total. The van der Waals surface area contributed by atoms with E-state index in [2.05, 4.69) is 0 Å². The number of carboxylic acids is 1. The van der Waals surface area contributed by atoms with Crippen molar-refractivity contribution >= 4 is 5.97 Å². The Morgan fingerprint density at radius 2 is 2.20 bits per heavy atom. The Balaban J connectivity index is 2.00. The molecule has 0 aromatic rings. The van der Waals surface area contributed by atoms with E-state index in [4.69, 9.17) is 14.9 Å². The molecule has 0 bridgehead atoms. The Morgan fingerprint density at radius 3 is 2.60 bits per heavy atom. The van der Waals surface area contributed by atoms with Gasteiger partial charge >= 0.3 is 5.97 Å². The maximum Gasteiger partial charge on any atom is 0.329 e. The van der Waals surface area contributed by atoms with Gasteiger partial charge in [-0.25, -0.2) is 4.79 Å². The van der Waals surface area contributed by atoms with Crippen LogP contribution in [0, 0.1) is 0 Å². The van der Waals surface area contributed by atoms with Crippen molar-refractivity contribution < 1.29 is 19.7 Å². The average Bonchev–Trinajstić information content (AvgIpc) is 1.77. The second-order valence-corrected chi connectivity index (χ2v) is 2.45. The van der Waals surface area contributed by atoms with Gasteiger partial charge in [0.05, 0.1) is 12.2 Å². The predicted molar refractivity (Wildman–Crippen MR) is 32.6 cm³/mol. The molecule has 0 aromatic heterocycles. The van der Waals surface area contributed by atoms with Crippen LogP contribution in [0.5, 0.6) is 0 Å². The molecule has 1 aliphatic carbocycles. The standard InChI is InChI=1S/C6H10O4/c7-4-1-5(2-4)10-3-6(8)9/h4-5,7H,1-3H2,(H,8,9)/t4-,5-. The quantitative estimate of drug-likeness (QED) is 0.569. The minimum absolute atomic E-state index is 0.0360. The highest BCUT2D eigenvalue weighted by molar-refractivity contribution is 5.68. The fourth-order valence-corrected chi connectivity index (χ4v) is 0.863. The second-order valence-electron chi connectivity index (χ2n) is 2.45. The van der Waals surface area contributed by atoms with E-state index in [9.17, 15) is 4.79 Å². The van der Waals surface area contributed by atoms with Crippen molar-refractivity contribution in [3.63, 3.8) is 0 Å². The topological polar surface area (TPSA) is 66.8 Å². The van der Waals surface area contributed by atoms with E-state index in [0.717, 1.165) is 0 Å². The average molecular weight is 146 g/mol.